The zero-order valence-corrected chi connectivity index (χ0v) is 24.8. The molecule has 46 heavy (non-hydrogen) atoms. The maximum absolute atomic E-state index is 15.1. The highest BCUT2D eigenvalue weighted by atomic mass is 19.1. The van der Waals surface area contributed by atoms with Gasteiger partial charge >= 0.3 is 5.97 Å². The fourth-order valence-electron chi connectivity index (χ4n) is 5.63. The number of ether oxygens (including phenoxy) is 3. The lowest BCUT2D eigenvalue weighted by Gasteiger charge is -2.32. The van der Waals surface area contributed by atoms with Crippen LogP contribution in [0.4, 0.5) is 13.2 Å². The number of likely N-dealkylation sites (tertiary alicyclic amines) is 1. The molecule has 6 rings (SSSR count). The Morgan fingerprint density at radius 1 is 1.07 bits per heavy atom. The number of piperidine rings is 1. The van der Waals surface area contributed by atoms with E-state index in [9.17, 15) is 13.6 Å². The molecular weight excluding hydrogens is 601 g/mol. The maximum atomic E-state index is 15.1. The van der Waals surface area contributed by atoms with Crippen LogP contribution in [0.3, 0.4) is 0 Å². The molecule has 4 aromatic rings. The van der Waals surface area contributed by atoms with Crippen LogP contribution in [0.5, 0.6) is 11.5 Å². The van der Waals surface area contributed by atoms with E-state index in [4.69, 9.17) is 24.6 Å². The van der Waals surface area contributed by atoms with Gasteiger partial charge in [-0.1, -0.05) is 0 Å². The average Bonchev–Trinajstić information content (AvgIpc) is 3.36. The van der Waals surface area contributed by atoms with Crippen molar-refractivity contribution in [3.63, 3.8) is 0 Å². The van der Waals surface area contributed by atoms with Gasteiger partial charge in [0.15, 0.2) is 17.4 Å². The van der Waals surface area contributed by atoms with E-state index in [1.54, 1.807) is 18.2 Å². The number of carbonyl (C=O) groups is 1. The predicted octanol–water partition coefficient (Wildman–Crippen LogP) is 5.83. The van der Waals surface area contributed by atoms with Gasteiger partial charge < -0.3 is 23.9 Å². The van der Waals surface area contributed by atoms with Gasteiger partial charge in [-0.05, 0) is 79.4 Å². The number of benzene rings is 3. The Labute approximate surface area is 263 Å². The van der Waals surface area contributed by atoms with Gasteiger partial charge in [0.2, 0.25) is 0 Å². The molecule has 2 fully saturated rings. The second-order valence-electron chi connectivity index (χ2n) is 11.4. The van der Waals surface area contributed by atoms with E-state index in [0.29, 0.717) is 68.3 Å². The van der Waals surface area contributed by atoms with Crippen molar-refractivity contribution < 1.29 is 37.3 Å². The second-order valence-corrected chi connectivity index (χ2v) is 11.4. The molecule has 0 spiro atoms. The Balaban J connectivity index is 1.10. The standard InChI is InChI=1S/C34H31F3N4O5/c35-27-4-3-25(16-23(27)20-45-31-5-1-22(17-38)14-28(31)36)46-24-7-10-40(11-8-24)19-32-39-34-29(37)13-21(2-6-33(42)43)15-30(34)41(32)18-26-9-12-44-26/h1-6,13-16,24,26H,7-12,18-20H2,(H,42,43)/b6-2+/t26-/m0/s1. The summed E-state index contributed by atoms with van der Waals surface area (Å²) in [4.78, 5) is 17.9. The number of carboxylic acids is 1. The lowest BCUT2D eigenvalue weighted by atomic mass is 10.1. The number of fused-ring (bicyclic) bond motifs is 1. The summed E-state index contributed by atoms with van der Waals surface area (Å²) in [7, 11) is 0. The number of halogens is 3. The number of hydrogen-bond donors (Lipinski definition) is 1. The van der Waals surface area contributed by atoms with Crippen molar-refractivity contribution >= 4 is 23.1 Å². The van der Waals surface area contributed by atoms with Gasteiger partial charge in [-0.25, -0.2) is 22.9 Å². The zero-order valence-electron chi connectivity index (χ0n) is 24.8. The third-order valence-corrected chi connectivity index (χ3v) is 8.17. The van der Waals surface area contributed by atoms with E-state index in [1.807, 2.05) is 10.6 Å². The molecule has 12 heteroatoms. The summed E-state index contributed by atoms with van der Waals surface area (Å²) in [6, 6.07) is 13.1. The summed E-state index contributed by atoms with van der Waals surface area (Å²) in [5.74, 6) is -1.75. The molecule has 1 aromatic heterocycles. The van der Waals surface area contributed by atoms with Crippen LogP contribution >= 0.6 is 0 Å². The Hall–Kier alpha value is -4.86. The smallest absolute Gasteiger partial charge is 0.328 e. The van der Waals surface area contributed by atoms with E-state index in [-0.39, 0.29) is 41.2 Å². The minimum absolute atomic E-state index is 0.00528. The molecule has 2 saturated heterocycles. The molecule has 1 atom stereocenters. The molecule has 238 valence electrons. The van der Waals surface area contributed by atoms with Crippen LogP contribution in [-0.2, 0) is 29.2 Å². The summed E-state index contributed by atoms with van der Waals surface area (Å²) in [6.07, 6.45) is 4.52. The molecule has 0 radical (unpaired) electrons. The maximum Gasteiger partial charge on any atom is 0.328 e. The summed E-state index contributed by atoms with van der Waals surface area (Å²) < 4.78 is 63.1. The van der Waals surface area contributed by atoms with Gasteiger partial charge in [-0.3, -0.25) is 4.90 Å². The molecule has 0 amide bonds. The molecule has 2 aliphatic heterocycles. The van der Waals surface area contributed by atoms with E-state index in [0.717, 1.165) is 18.6 Å². The summed E-state index contributed by atoms with van der Waals surface area (Å²) >= 11 is 0. The van der Waals surface area contributed by atoms with Gasteiger partial charge in [-0.15, -0.1) is 0 Å². The van der Waals surface area contributed by atoms with Gasteiger partial charge in [0.05, 0.1) is 36.3 Å². The third-order valence-electron chi connectivity index (χ3n) is 8.17. The first-order valence-corrected chi connectivity index (χ1v) is 15.0. The fourth-order valence-corrected chi connectivity index (χ4v) is 5.63. The molecule has 3 heterocycles. The van der Waals surface area contributed by atoms with Gasteiger partial charge in [0.1, 0.15) is 35.6 Å². The molecule has 3 aromatic carbocycles. The van der Waals surface area contributed by atoms with Crippen molar-refractivity contribution in [2.75, 3.05) is 19.7 Å². The minimum atomic E-state index is -1.12. The van der Waals surface area contributed by atoms with Crippen molar-refractivity contribution in [2.45, 2.75) is 51.2 Å². The van der Waals surface area contributed by atoms with Gasteiger partial charge in [0.25, 0.3) is 0 Å². The van der Waals surface area contributed by atoms with Crippen molar-refractivity contribution in [1.29, 1.82) is 5.26 Å². The number of nitrogens with zero attached hydrogens (tertiary/aromatic N) is 4. The first-order valence-electron chi connectivity index (χ1n) is 15.0. The van der Waals surface area contributed by atoms with E-state index >= 15 is 4.39 Å². The molecule has 0 unspecified atom stereocenters. The molecule has 0 bridgehead atoms. The highest BCUT2D eigenvalue weighted by Gasteiger charge is 2.26. The predicted molar refractivity (Wildman–Crippen MR) is 161 cm³/mol. The van der Waals surface area contributed by atoms with Gasteiger partial charge in [0, 0.05) is 31.3 Å². The van der Waals surface area contributed by atoms with E-state index in [2.05, 4.69) is 9.88 Å². The first-order chi connectivity index (χ1) is 22.2. The van der Waals surface area contributed by atoms with Crippen LogP contribution in [0.2, 0.25) is 0 Å². The molecular formula is C34H31F3N4O5. The lowest BCUT2D eigenvalue weighted by molar-refractivity contribution is -0.131. The van der Waals surface area contributed by atoms with Crippen molar-refractivity contribution in [3.8, 4) is 17.6 Å². The van der Waals surface area contributed by atoms with Crippen LogP contribution in [0.1, 0.15) is 41.8 Å². The van der Waals surface area contributed by atoms with Gasteiger partial charge in [-0.2, -0.15) is 5.26 Å². The highest BCUT2D eigenvalue weighted by Crippen LogP contribution is 2.28. The normalized spacial score (nSPS) is 17.2. The van der Waals surface area contributed by atoms with Crippen LogP contribution < -0.4 is 9.47 Å². The number of nitriles is 1. The molecule has 0 saturated carbocycles. The third kappa shape index (κ3) is 7.17. The topological polar surface area (TPSA) is 110 Å². The van der Waals surface area contributed by atoms with Crippen molar-refractivity contribution in [1.82, 2.24) is 14.5 Å². The van der Waals surface area contributed by atoms with Crippen molar-refractivity contribution in [3.05, 3.63) is 94.6 Å². The minimum Gasteiger partial charge on any atom is -0.490 e. The monoisotopic (exact) mass is 632 g/mol. The van der Waals surface area contributed by atoms with Crippen LogP contribution in [0.25, 0.3) is 17.1 Å². The van der Waals surface area contributed by atoms with Crippen LogP contribution in [-0.4, -0.2) is 57.4 Å². The summed E-state index contributed by atoms with van der Waals surface area (Å²) in [5.41, 5.74) is 1.63. The molecule has 9 nitrogen and oxygen atoms in total. The number of aliphatic carboxylic acids is 1. The number of aromatic nitrogens is 2. The Morgan fingerprint density at radius 3 is 2.57 bits per heavy atom. The number of carboxylic acid groups (broad SMARTS) is 1. The Bertz CT molecular complexity index is 1820. The fraction of sp³-hybridized carbons (Fsp3) is 0.324. The number of rotatable bonds is 11. The molecule has 2 aliphatic rings. The highest BCUT2D eigenvalue weighted by molar-refractivity contribution is 5.87. The number of hydrogen-bond acceptors (Lipinski definition) is 7. The summed E-state index contributed by atoms with van der Waals surface area (Å²) in [6.45, 7) is 2.85. The Morgan fingerprint density at radius 2 is 1.87 bits per heavy atom. The first kappa shape index (κ1) is 31.1. The van der Waals surface area contributed by atoms with Crippen LogP contribution in [0, 0.1) is 28.8 Å². The zero-order chi connectivity index (χ0) is 32.2. The average molecular weight is 633 g/mol. The quantitative estimate of drug-likeness (QED) is 0.206. The largest absolute Gasteiger partial charge is 0.490 e. The molecule has 0 aliphatic carbocycles. The SMILES string of the molecule is N#Cc1ccc(OCc2cc(OC3CCN(Cc4nc5c(F)cc(/C=C/C(=O)O)cc5n4C[C@@H]4CCO4)CC3)ccc2F)c(F)c1. The lowest BCUT2D eigenvalue weighted by Crippen LogP contribution is -2.39. The van der Waals surface area contributed by atoms with E-state index < -0.39 is 23.4 Å². The Kier molecular flexibility index (Phi) is 9.23. The number of imidazole rings is 1. The summed E-state index contributed by atoms with van der Waals surface area (Å²) in [5, 5.41) is 17.9. The molecule has 1 N–H and O–H groups in total. The van der Waals surface area contributed by atoms with Crippen LogP contribution in [0.15, 0.2) is 54.6 Å². The van der Waals surface area contributed by atoms with E-state index in [1.165, 1.54) is 30.3 Å². The second kappa shape index (κ2) is 13.6. The van der Waals surface area contributed by atoms with Crippen molar-refractivity contribution in [2.24, 2.45) is 0 Å².